The summed E-state index contributed by atoms with van der Waals surface area (Å²) < 4.78 is 35.8. The predicted molar refractivity (Wildman–Crippen MR) is 187 cm³/mol. The van der Waals surface area contributed by atoms with E-state index in [9.17, 15) is 13.2 Å². The van der Waals surface area contributed by atoms with Gasteiger partial charge in [-0.3, -0.25) is 9.10 Å². The lowest BCUT2D eigenvalue weighted by atomic mass is 10.0. The molecule has 0 heterocycles. The summed E-state index contributed by atoms with van der Waals surface area (Å²) in [5, 5.41) is 1.81. The summed E-state index contributed by atoms with van der Waals surface area (Å²) >= 11 is 0. The maximum absolute atomic E-state index is 14.1. The highest BCUT2D eigenvalue weighted by Gasteiger charge is 2.27. The van der Waals surface area contributed by atoms with E-state index >= 15 is 0 Å². The molecule has 46 heavy (non-hydrogen) atoms. The van der Waals surface area contributed by atoms with Gasteiger partial charge in [-0.25, -0.2) is 8.42 Å². The van der Waals surface area contributed by atoms with Gasteiger partial charge in [0, 0.05) is 26.6 Å². The molecule has 0 fully saturated rings. The molecule has 5 aromatic rings. The van der Waals surface area contributed by atoms with Crippen molar-refractivity contribution in [1.82, 2.24) is 4.90 Å². The van der Waals surface area contributed by atoms with E-state index in [1.807, 2.05) is 94.4 Å². The van der Waals surface area contributed by atoms with Gasteiger partial charge in [-0.2, -0.15) is 0 Å². The van der Waals surface area contributed by atoms with Gasteiger partial charge in [0.1, 0.15) is 12.4 Å². The van der Waals surface area contributed by atoms with Crippen molar-refractivity contribution < 1.29 is 17.9 Å². The van der Waals surface area contributed by atoms with Crippen LogP contribution in [0.3, 0.4) is 0 Å². The van der Waals surface area contributed by atoms with Gasteiger partial charge in [0.25, 0.3) is 10.0 Å². The number of hydrogen-bond acceptors (Lipinski definition) is 4. The highest BCUT2D eigenvalue weighted by molar-refractivity contribution is 7.92. The number of amides is 1. The Labute approximate surface area is 273 Å². The second-order valence-electron chi connectivity index (χ2n) is 12.3. The van der Waals surface area contributed by atoms with E-state index in [2.05, 4.69) is 25.1 Å². The second kappa shape index (κ2) is 13.8. The van der Waals surface area contributed by atoms with Crippen molar-refractivity contribution in [3.05, 3.63) is 136 Å². The summed E-state index contributed by atoms with van der Waals surface area (Å²) in [4.78, 5) is 15.3. The fraction of sp³-hybridized carbons (Fsp3) is 0.256. The minimum absolute atomic E-state index is 0.0189. The van der Waals surface area contributed by atoms with Gasteiger partial charge in [0.05, 0.1) is 10.6 Å². The smallest absolute Gasteiger partial charge is 0.264 e. The highest BCUT2D eigenvalue weighted by atomic mass is 32.2. The third kappa shape index (κ3) is 7.60. The zero-order chi connectivity index (χ0) is 33.0. The molecule has 1 amide bonds. The van der Waals surface area contributed by atoms with Crippen LogP contribution >= 0.6 is 0 Å². The first kappa shape index (κ1) is 32.8. The Hall–Kier alpha value is -4.62. The van der Waals surface area contributed by atoms with E-state index in [-0.39, 0.29) is 23.8 Å². The normalized spacial score (nSPS) is 11.4. The first-order valence-corrected chi connectivity index (χ1v) is 17.0. The van der Waals surface area contributed by atoms with Crippen molar-refractivity contribution in [1.29, 1.82) is 0 Å². The van der Waals surface area contributed by atoms with E-state index in [0.29, 0.717) is 18.8 Å². The molecule has 0 saturated carbocycles. The molecule has 0 N–H and O–H groups in total. The predicted octanol–water partition coefficient (Wildman–Crippen LogP) is 8.20. The Morgan fingerprint density at radius 3 is 2.04 bits per heavy atom. The zero-order valence-electron chi connectivity index (χ0n) is 27.5. The first-order chi connectivity index (χ1) is 21.9. The van der Waals surface area contributed by atoms with Gasteiger partial charge in [-0.05, 0) is 103 Å². The molecule has 0 aromatic heterocycles. The number of nitrogens with zero attached hydrogens (tertiary/aromatic N) is 2. The molecule has 0 atom stereocenters. The molecule has 0 radical (unpaired) electrons. The molecule has 5 rings (SSSR count). The van der Waals surface area contributed by atoms with E-state index < -0.39 is 10.0 Å². The fourth-order valence-electron chi connectivity index (χ4n) is 6.00. The van der Waals surface area contributed by atoms with Crippen LogP contribution in [0.2, 0.25) is 0 Å². The van der Waals surface area contributed by atoms with E-state index in [1.165, 1.54) is 9.87 Å². The molecule has 0 aliphatic rings. The molecule has 0 saturated heterocycles. The Balaban J connectivity index is 1.32. The summed E-state index contributed by atoms with van der Waals surface area (Å²) in [6, 6.07) is 30.9. The van der Waals surface area contributed by atoms with Gasteiger partial charge >= 0.3 is 0 Å². The Bertz CT molecular complexity index is 1960. The maximum Gasteiger partial charge on any atom is 0.264 e. The molecule has 0 bridgehead atoms. The molecule has 238 valence electrons. The van der Waals surface area contributed by atoms with Gasteiger partial charge in [0.15, 0.2) is 0 Å². The topological polar surface area (TPSA) is 66.9 Å². The molecule has 0 aliphatic carbocycles. The number of aryl methyl sites for hydroxylation is 5. The van der Waals surface area contributed by atoms with E-state index in [4.69, 9.17) is 4.74 Å². The number of anilines is 1. The van der Waals surface area contributed by atoms with Crippen LogP contribution < -0.4 is 9.04 Å². The zero-order valence-corrected chi connectivity index (χ0v) is 28.3. The number of hydrogen-bond donors (Lipinski definition) is 0. The number of benzene rings is 5. The third-order valence-corrected chi connectivity index (χ3v) is 9.99. The number of ether oxygens (including phenoxy) is 1. The number of fused-ring (bicyclic) bond motifs is 1. The minimum Gasteiger partial charge on any atom is -0.488 e. The standard InChI is InChI=1S/C39H42N2O4S/c1-27-10-9-11-32(19-27)26-45-39-30(4)22-33(23-31(39)5)25-40(6)38(42)16-17-41(36-20-28(2)18-29(3)21-36)46(43,44)37-15-14-34-12-7-8-13-35(34)24-37/h7-15,18-24H,16-17,25-26H2,1-6H3. The molecular formula is C39H42N2O4S. The summed E-state index contributed by atoms with van der Waals surface area (Å²) in [5.74, 6) is 0.709. The Morgan fingerprint density at radius 2 is 1.37 bits per heavy atom. The molecular weight excluding hydrogens is 593 g/mol. The van der Waals surface area contributed by atoms with Crippen LogP contribution in [0.4, 0.5) is 5.69 Å². The summed E-state index contributed by atoms with van der Waals surface area (Å²) in [7, 11) is -2.20. The lowest BCUT2D eigenvalue weighted by Crippen LogP contribution is -2.36. The first-order valence-electron chi connectivity index (χ1n) is 15.5. The summed E-state index contributed by atoms with van der Waals surface area (Å²) in [5.41, 5.74) is 7.77. The van der Waals surface area contributed by atoms with Crippen molar-refractivity contribution in [3.63, 3.8) is 0 Å². The van der Waals surface area contributed by atoms with Crippen LogP contribution in [0, 0.1) is 34.6 Å². The summed E-state index contributed by atoms with van der Waals surface area (Å²) in [6.07, 6.45) is 0.0337. The fourth-order valence-corrected chi connectivity index (χ4v) is 7.49. The number of carbonyl (C=O) groups is 1. The van der Waals surface area contributed by atoms with Crippen molar-refractivity contribution in [3.8, 4) is 5.75 Å². The molecule has 0 aliphatic heterocycles. The third-order valence-electron chi connectivity index (χ3n) is 8.16. The number of carbonyl (C=O) groups excluding carboxylic acids is 1. The van der Waals surface area contributed by atoms with Crippen LogP contribution in [0.15, 0.2) is 102 Å². The Morgan fingerprint density at radius 1 is 0.696 bits per heavy atom. The van der Waals surface area contributed by atoms with Crippen LogP contribution in [0.1, 0.15) is 45.4 Å². The van der Waals surface area contributed by atoms with E-state index in [0.717, 1.165) is 49.9 Å². The lowest BCUT2D eigenvalue weighted by Gasteiger charge is -2.26. The second-order valence-corrected chi connectivity index (χ2v) is 14.1. The summed E-state index contributed by atoms with van der Waals surface area (Å²) in [6.45, 7) is 10.9. The van der Waals surface area contributed by atoms with Gasteiger partial charge < -0.3 is 9.64 Å². The monoisotopic (exact) mass is 634 g/mol. The maximum atomic E-state index is 14.1. The lowest BCUT2D eigenvalue weighted by molar-refractivity contribution is -0.130. The van der Waals surface area contributed by atoms with Crippen LogP contribution in [0.5, 0.6) is 5.75 Å². The largest absolute Gasteiger partial charge is 0.488 e. The molecule has 7 heteroatoms. The average molecular weight is 635 g/mol. The van der Waals surface area contributed by atoms with Crippen molar-refractivity contribution in [2.45, 2.75) is 59.1 Å². The van der Waals surface area contributed by atoms with Gasteiger partial charge in [0.2, 0.25) is 5.91 Å². The molecule has 6 nitrogen and oxygen atoms in total. The quantitative estimate of drug-likeness (QED) is 0.147. The Kier molecular flexibility index (Phi) is 9.82. The number of sulfonamides is 1. The van der Waals surface area contributed by atoms with Gasteiger partial charge in [-0.1, -0.05) is 78.4 Å². The van der Waals surface area contributed by atoms with Crippen LogP contribution in [-0.2, 0) is 28.0 Å². The molecule has 0 spiro atoms. The van der Waals surface area contributed by atoms with E-state index in [1.54, 1.807) is 24.1 Å². The average Bonchev–Trinajstić information content (AvgIpc) is 3.00. The van der Waals surface area contributed by atoms with Crippen LogP contribution in [-0.4, -0.2) is 32.8 Å². The minimum atomic E-state index is -3.95. The van der Waals surface area contributed by atoms with Crippen molar-refractivity contribution in [2.24, 2.45) is 0 Å². The van der Waals surface area contributed by atoms with Crippen molar-refractivity contribution >= 4 is 32.4 Å². The molecule has 5 aromatic carbocycles. The SMILES string of the molecule is Cc1cccc(COc2c(C)cc(CN(C)C(=O)CCN(c3cc(C)cc(C)c3)S(=O)(=O)c3ccc4ccccc4c3)cc2C)c1. The van der Waals surface area contributed by atoms with Crippen molar-refractivity contribution in [2.75, 3.05) is 17.9 Å². The highest BCUT2D eigenvalue weighted by Crippen LogP contribution is 2.29. The number of rotatable bonds is 11. The van der Waals surface area contributed by atoms with Crippen LogP contribution in [0.25, 0.3) is 10.8 Å². The van der Waals surface area contributed by atoms with Gasteiger partial charge in [-0.15, -0.1) is 0 Å². The molecule has 0 unspecified atom stereocenters.